The second-order valence-electron chi connectivity index (χ2n) is 9.13. The number of primary amides is 1. The number of anilines is 1. The number of ether oxygens (including phenoxy) is 2. The summed E-state index contributed by atoms with van der Waals surface area (Å²) in [5, 5.41) is 2.77. The van der Waals surface area contributed by atoms with Crippen LogP contribution in [0.5, 0.6) is 0 Å². The number of nitrogens with two attached hydrogens (primary N) is 2. The SMILES string of the molecule is CO[C@H]1CC[C@H](NC(=O)c2nc(-c3cc(C(OC(=O)C(F)(F)F)(C(N)=O)C(F)(F)F)ccc3C)cnc2N)CC1. The molecular formula is C24H25F6N5O5. The van der Waals surface area contributed by atoms with E-state index < -0.39 is 41.3 Å². The van der Waals surface area contributed by atoms with E-state index in [2.05, 4.69) is 20.0 Å². The minimum absolute atomic E-state index is 0.0659. The van der Waals surface area contributed by atoms with Crippen molar-refractivity contribution >= 4 is 23.6 Å². The van der Waals surface area contributed by atoms with Crippen molar-refractivity contribution in [3.63, 3.8) is 0 Å². The van der Waals surface area contributed by atoms with Crippen LogP contribution < -0.4 is 16.8 Å². The van der Waals surface area contributed by atoms with Crippen LogP contribution in [0.25, 0.3) is 11.3 Å². The number of benzene rings is 1. The molecule has 0 spiro atoms. The molecule has 0 bridgehead atoms. The van der Waals surface area contributed by atoms with Gasteiger partial charge in [0.25, 0.3) is 11.8 Å². The molecule has 1 aromatic heterocycles. The number of aryl methyl sites for hydroxylation is 1. The van der Waals surface area contributed by atoms with Gasteiger partial charge in [0.2, 0.25) is 0 Å². The molecule has 1 aliphatic carbocycles. The van der Waals surface area contributed by atoms with Crippen LogP contribution in [0, 0.1) is 6.92 Å². The summed E-state index contributed by atoms with van der Waals surface area (Å²) in [5.41, 5.74) is 4.46. The fourth-order valence-corrected chi connectivity index (χ4v) is 4.32. The van der Waals surface area contributed by atoms with Crippen LogP contribution in [0.4, 0.5) is 32.2 Å². The molecular weight excluding hydrogens is 552 g/mol. The van der Waals surface area contributed by atoms with Gasteiger partial charge in [0.05, 0.1) is 18.0 Å². The highest BCUT2D eigenvalue weighted by Gasteiger charge is 2.66. The maximum absolute atomic E-state index is 14.1. The Morgan fingerprint density at radius 3 is 2.20 bits per heavy atom. The van der Waals surface area contributed by atoms with Crippen molar-refractivity contribution in [2.75, 3.05) is 12.8 Å². The third-order valence-corrected chi connectivity index (χ3v) is 6.50. The maximum atomic E-state index is 14.1. The largest absolute Gasteiger partial charge is 0.490 e. The standard InChI is InChI=1S/C24H25F6N5O5/c1-11-3-4-12(22(20(32)37,24(28,29)30)40-21(38)23(25,26)27)9-15(11)16-10-33-18(31)17(35-16)19(36)34-13-5-7-14(39-2)8-6-13/h3-4,9-10,13-14H,5-8H2,1-2H3,(H2,31,33)(H2,32,37)(H,34,36)/t13-,14-,22?. The third kappa shape index (κ3) is 6.11. The second kappa shape index (κ2) is 11.3. The number of hydrogen-bond acceptors (Lipinski definition) is 8. The summed E-state index contributed by atoms with van der Waals surface area (Å²) in [6, 6.07) is 2.06. The zero-order valence-corrected chi connectivity index (χ0v) is 21.2. The highest BCUT2D eigenvalue weighted by Crippen LogP contribution is 2.44. The molecule has 16 heteroatoms. The van der Waals surface area contributed by atoms with E-state index in [9.17, 15) is 40.7 Å². The van der Waals surface area contributed by atoms with Crippen molar-refractivity contribution in [2.45, 2.75) is 62.7 Å². The number of carbonyl (C=O) groups excluding carboxylic acids is 3. The highest BCUT2D eigenvalue weighted by molar-refractivity contribution is 5.97. The fourth-order valence-electron chi connectivity index (χ4n) is 4.32. The molecule has 3 rings (SSSR count). The Morgan fingerprint density at radius 2 is 1.68 bits per heavy atom. The maximum Gasteiger partial charge on any atom is 0.490 e. The number of amides is 2. The summed E-state index contributed by atoms with van der Waals surface area (Å²) in [5.74, 6) is -6.69. The van der Waals surface area contributed by atoms with E-state index in [1.54, 1.807) is 7.11 Å². The van der Waals surface area contributed by atoms with Gasteiger partial charge in [-0.1, -0.05) is 12.1 Å². The molecule has 0 radical (unpaired) electrons. The van der Waals surface area contributed by atoms with Crippen molar-refractivity contribution in [2.24, 2.45) is 5.73 Å². The lowest BCUT2D eigenvalue weighted by Crippen LogP contribution is -2.57. The minimum Gasteiger partial charge on any atom is -0.427 e. The van der Waals surface area contributed by atoms with E-state index in [-0.39, 0.29) is 40.5 Å². The molecule has 0 saturated heterocycles. The quantitative estimate of drug-likeness (QED) is 0.335. The van der Waals surface area contributed by atoms with Gasteiger partial charge < -0.3 is 26.3 Å². The number of carbonyl (C=O) groups is 3. The number of rotatable bonds is 7. The number of alkyl halides is 6. The first kappa shape index (κ1) is 30.6. The smallest absolute Gasteiger partial charge is 0.427 e. The Kier molecular flexibility index (Phi) is 8.62. The molecule has 1 unspecified atom stereocenters. The predicted molar refractivity (Wildman–Crippen MR) is 126 cm³/mol. The summed E-state index contributed by atoms with van der Waals surface area (Å²) < 4.78 is 90.0. The number of methoxy groups -OCH3 is 1. The normalized spacial score (nSPS) is 19.4. The molecule has 10 nitrogen and oxygen atoms in total. The fraction of sp³-hybridized carbons (Fsp3) is 0.458. The zero-order chi connectivity index (χ0) is 30.0. The summed E-state index contributed by atoms with van der Waals surface area (Å²) in [6.45, 7) is 1.41. The van der Waals surface area contributed by atoms with E-state index in [1.807, 2.05) is 0 Å². The predicted octanol–water partition coefficient (Wildman–Crippen LogP) is 3.07. The number of halogens is 6. The van der Waals surface area contributed by atoms with E-state index >= 15 is 0 Å². The molecule has 40 heavy (non-hydrogen) atoms. The summed E-state index contributed by atoms with van der Waals surface area (Å²) in [6.07, 6.45) is -8.05. The van der Waals surface area contributed by atoms with Crippen LogP contribution in [0.2, 0.25) is 0 Å². The molecule has 218 valence electrons. The summed E-state index contributed by atoms with van der Waals surface area (Å²) >= 11 is 0. The van der Waals surface area contributed by atoms with Gasteiger partial charge in [0.1, 0.15) is 0 Å². The molecule has 1 aliphatic rings. The molecule has 1 fully saturated rings. The first-order valence-corrected chi connectivity index (χ1v) is 11.8. The Labute approximate surface area is 223 Å². The highest BCUT2D eigenvalue weighted by atomic mass is 19.4. The van der Waals surface area contributed by atoms with E-state index in [1.165, 1.54) is 6.92 Å². The number of aromatic nitrogens is 2. The van der Waals surface area contributed by atoms with Crippen LogP contribution in [-0.4, -0.2) is 59.4 Å². The van der Waals surface area contributed by atoms with Gasteiger partial charge in [0.15, 0.2) is 11.5 Å². The van der Waals surface area contributed by atoms with Crippen LogP contribution in [-0.2, 0) is 24.7 Å². The average Bonchev–Trinajstić information content (AvgIpc) is 2.86. The molecule has 0 aliphatic heterocycles. The van der Waals surface area contributed by atoms with Crippen molar-refractivity contribution in [1.82, 2.24) is 15.3 Å². The van der Waals surface area contributed by atoms with Gasteiger partial charge >= 0.3 is 23.9 Å². The Morgan fingerprint density at radius 1 is 1.05 bits per heavy atom. The molecule has 2 amide bonds. The lowest BCUT2D eigenvalue weighted by atomic mass is 9.88. The van der Waals surface area contributed by atoms with Crippen molar-refractivity contribution in [1.29, 1.82) is 0 Å². The molecule has 5 N–H and O–H groups in total. The number of hydrogen-bond donors (Lipinski definition) is 3. The molecule has 1 saturated carbocycles. The number of nitrogen functional groups attached to an aromatic ring is 1. The van der Waals surface area contributed by atoms with Gasteiger partial charge in [-0.2, -0.15) is 26.3 Å². The molecule has 2 aromatic rings. The summed E-state index contributed by atoms with van der Waals surface area (Å²) in [4.78, 5) is 44.4. The molecule has 1 atom stereocenters. The van der Waals surface area contributed by atoms with E-state index in [0.717, 1.165) is 12.3 Å². The Hall–Kier alpha value is -3.95. The first-order valence-electron chi connectivity index (χ1n) is 11.8. The van der Waals surface area contributed by atoms with Crippen molar-refractivity contribution in [3.8, 4) is 11.3 Å². The monoisotopic (exact) mass is 577 g/mol. The number of nitrogens with zero attached hydrogens (tertiary/aromatic N) is 2. The summed E-state index contributed by atoms with van der Waals surface area (Å²) in [7, 11) is 1.59. The van der Waals surface area contributed by atoms with Crippen molar-refractivity contribution in [3.05, 3.63) is 41.2 Å². The Balaban J connectivity index is 2.04. The van der Waals surface area contributed by atoms with Gasteiger partial charge in [-0.05, 0) is 44.2 Å². The third-order valence-electron chi connectivity index (χ3n) is 6.50. The lowest BCUT2D eigenvalue weighted by molar-refractivity contribution is -0.280. The average molecular weight is 577 g/mol. The molecule has 1 aromatic carbocycles. The van der Waals surface area contributed by atoms with Crippen molar-refractivity contribution < 1.29 is 50.2 Å². The van der Waals surface area contributed by atoms with Crippen LogP contribution in [0.3, 0.4) is 0 Å². The van der Waals surface area contributed by atoms with Crippen LogP contribution >= 0.6 is 0 Å². The lowest BCUT2D eigenvalue weighted by Gasteiger charge is -2.33. The zero-order valence-electron chi connectivity index (χ0n) is 21.2. The van der Waals surface area contributed by atoms with Crippen LogP contribution in [0.1, 0.15) is 47.3 Å². The van der Waals surface area contributed by atoms with Gasteiger partial charge in [-0.15, -0.1) is 0 Å². The van der Waals surface area contributed by atoms with Gasteiger partial charge in [-0.3, -0.25) is 9.59 Å². The van der Waals surface area contributed by atoms with E-state index in [0.29, 0.717) is 37.8 Å². The minimum atomic E-state index is -5.90. The van der Waals surface area contributed by atoms with E-state index in [4.69, 9.17) is 16.2 Å². The topological polar surface area (TPSA) is 160 Å². The second-order valence-corrected chi connectivity index (χ2v) is 9.13. The van der Waals surface area contributed by atoms with Gasteiger partial charge in [-0.25, -0.2) is 14.8 Å². The van der Waals surface area contributed by atoms with Crippen LogP contribution in [0.15, 0.2) is 24.4 Å². The number of nitrogens with one attached hydrogen (secondary N) is 1. The Bertz CT molecular complexity index is 1290. The number of esters is 1. The first-order chi connectivity index (χ1) is 18.5. The van der Waals surface area contributed by atoms with Gasteiger partial charge in [0, 0.05) is 24.3 Å². The molecule has 1 heterocycles.